The minimum absolute atomic E-state index is 0.145. The molecule has 2 heteroatoms. The Labute approximate surface area is 123 Å². The molecule has 0 bridgehead atoms. The van der Waals surface area contributed by atoms with Crippen LogP contribution >= 0.6 is 0 Å². The second-order valence-electron chi connectivity index (χ2n) is 5.63. The third kappa shape index (κ3) is 7.44. The molecule has 0 radical (unpaired) electrons. The number of unbranched alkanes of at least 4 members (excludes halogenated alkanes) is 6. The first-order chi connectivity index (χ1) is 9.74. The van der Waals surface area contributed by atoms with Crippen LogP contribution in [0.4, 0.5) is 0 Å². The second-order valence-corrected chi connectivity index (χ2v) is 5.63. The van der Waals surface area contributed by atoms with Crippen molar-refractivity contribution in [1.29, 1.82) is 0 Å². The molecule has 20 heavy (non-hydrogen) atoms. The number of ketones is 1. The minimum Gasteiger partial charge on any atom is -0.324 e. The van der Waals surface area contributed by atoms with E-state index in [2.05, 4.69) is 6.92 Å². The van der Waals surface area contributed by atoms with Gasteiger partial charge in [-0.3, -0.25) is 4.79 Å². The zero-order valence-corrected chi connectivity index (χ0v) is 12.8. The first kappa shape index (κ1) is 16.9. The summed E-state index contributed by atoms with van der Waals surface area (Å²) in [4.78, 5) is 11.9. The Morgan fingerprint density at radius 2 is 1.60 bits per heavy atom. The molecule has 2 N–H and O–H groups in total. The molecule has 0 amide bonds. The highest BCUT2D eigenvalue weighted by Gasteiger charge is 2.10. The number of carbonyl (C=O) groups excluding carboxylic acids is 1. The number of Topliss-reactive ketones (excluding diaryl/α,β-unsaturated/α-hetero) is 1. The number of carbonyl (C=O) groups is 1. The molecule has 0 aliphatic rings. The van der Waals surface area contributed by atoms with E-state index in [1.54, 1.807) is 0 Å². The summed E-state index contributed by atoms with van der Waals surface area (Å²) in [5.74, 6) is 0.301. The first-order valence-electron chi connectivity index (χ1n) is 8.06. The molecule has 2 nitrogen and oxygen atoms in total. The zero-order chi connectivity index (χ0) is 14.6. The summed E-state index contributed by atoms with van der Waals surface area (Å²) >= 11 is 0. The third-order valence-corrected chi connectivity index (χ3v) is 3.73. The van der Waals surface area contributed by atoms with Gasteiger partial charge in [-0.05, 0) is 12.0 Å². The molecule has 0 heterocycles. The van der Waals surface area contributed by atoms with Crippen LogP contribution in [0, 0.1) is 0 Å². The predicted molar refractivity (Wildman–Crippen MR) is 85.6 cm³/mol. The summed E-state index contributed by atoms with van der Waals surface area (Å²) in [5.41, 5.74) is 7.12. The maximum atomic E-state index is 11.9. The number of nitrogens with two attached hydrogens (primary N) is 1. The lowest BCUT2D eigenvalue weighted by atomic mass is 9.99. The fourth-order valence-corrected chi connectivity index (χ4v) is 2.44. The highest BCUT2D eigenvalue weighted by Crippen LogP contribution is 2.16. The first-order valence-corrected chi connectivity index (χ1v) is 8.06. The molecule has 1 unspecified atom stereocenters. The van der Waals surface area contributed by atoms with Gasteiger partial charge >= 0.3 is 0 Å². The summed E-state index contributed by atoms with van der Waals surface area (Å²) in [5, 5.41) is 0. The highest BCUT2D eigenvalue weighted by atomic mass is 16.1. The van der Waals surface area contributed by atoms with E-state index in [1.807, 2.05) is 30.3 Å². The summed E-state index contributed by atoms with van der Waals surface area (Å²) in [6.45, 7) is 2.23. The Hall–Kier alpha value is -1.15. The van der Waals surface area contributed by atoms with E-state index < -0.39 is 0 Å². The van der Waals surface area contributed by atoms with Gasteiger partial charge in [0.05, 0.1) is 0 Å². The molecule has 0 saturated carbocycles. The normalized spacial score (nSPS) is 12.3. The van der Waals surface area contributed by atoms with Gasteiger partial charge in [0.2, 0.25) is 0 Å². The standard InChI is InChI=1S/C18H29NO/c1-2-3-4-5-6-7-11-14-17(20)15-18(19)16-12-9-8-10-13-16/h8-10,12-13,18H,2-7,11,14-15,19H2,1H3. The third-order valence-electron chi connectivity index (χ3n) is 3.73. The molecule has 0 aromatic heterocycles. The van der Waals surface area contributed by atoms with E-state index in [0.29, 0.717) is 18.6 Å². The van der Waals surface area contributed by atoms with Crippen molar-refractivity contribution < 1.29 is 4.79 Å². The van der Waals surface area contributed by atoms with Crippen LogP contribution in [0.15, 0.2) is 30.3 Å². The van der Waals surface area contributed by atoms with Crippen molar-refractivity contribution in [2.75, 3.05) is 0 Å². The molecule has 1 aromatic rings. The second kappa shape index (κ2) is 10.6. The number of hydrogen-bond acceptors (Lipinski definition) is 2. The Bertz CT molecular complexity index is 361. The van der Waals surface area contributed by atoms with E-state index in [1.165, 1.54) is 38.5 Å². The van der Waals surface area contributed by atoms with Gasteiger partial charge in [-0.15, -0.1) is 0 Å². The minimum atomic E-state index is -0.145. The number of rotatable bonds is 11. The van der Waals surface area contributed by atoms with Crippen molar-refractivity contribution in [2.45, 2.75) is 70.8 Å². The van der Waals surface area contributed by atoms with E-state index in [4.69, 9.17) is 5.73 Å². The smallest absolute Gasteiger partial charge is 0.134 e. The fraction of sp³-hybridized carbons (Fsp3) is 0.611. The molecule has 0 spiro atoms. The molecule has 1 aromatic carbocycles. The van der Waals surface area contributed by atoms with E-state index in [9.17, 15) is 4.79 Å². The van der Waals surface area contributed by atoms with Crippen molar-refractivity contribution in [2.24, 2.45) is 5.73 Å². The topological polar surface area (TPSA) is 43.1 Å². The van der Waals surface area contributed by atoms with E-state index in [-0.39, 0.29) is 6.04 Å². The van der Waals surface area contributed by atoms with Gasteiger partial charge in [-0.2, -0.15) is 0 Å². The molecule has 1 atom stereocenters. The van der Waals surface area contributed by atoms with E-state index >= 15 is 0 Å². The summed E-state index contributed by atoms with van der Waals surface area (Å²) in [6, 6.07) is 9.74. The fourth-order valence-electron chi connectivity index (χ4n) is 2.44. The molecule has 0 aliphatic heterocycles. The van der Waals surface area contributed by atoms with Crippen molar-refractivity contribution in [3.8, 4) is 0 Å². The van der Waals surface area contributed by atoms with Crippen LogP contribution in [-0.2, 0) is 4.79 Å². The van der Waals surface area contributed by atoms with E-state index in [0.717, 1.165) is 12.0 Å². The number of hydrogen-bond donors (Lipinski definition) is 1. The van der Waals surface area contributed by atoms with Crippen LogP contribution in [0.2, 0.25) is 0 Å². The SMILES string of the molecule is CCCCCCCCCC(=O)CC(N)c1ccccc1. The lowest BCUT2D eigenvalue weighted by Gasteiger charge is -2.10. The van der Waals surface area contributed by atoms with Crippen LogP contribution in [-0.4, -0.2) is 5.78 Å². The molecule has 0 aliphatic carbocycles. The lowest BCUT2D eigenvalue weighted by molar-refractivity contribution is -0.119. The predicted octanol–water partition coefficient (Wildman–Crippen LogP) is 4.79. The Morgan fingerprint density at radius 1 is 1.00 bits per heavy atom. The maximum absolute atomic E-state index is 11.9. The van der Waals surface area contributed by atoms with Crippen LogP contribution in [0.1, 0.15) is 76.3 Å². The number of benzene rings is 1. The summed E-state index contributed by atoms with van der Waals surface area (Å²) < 4.78 is 0. The monoisotopic (exact) mass is 275 g/mol. The van der Waals surface area contributed by atoms with Gasteiger partial charge in [0.25, 0.3) is 0 Å². The summed E-state index contributed by atoms with van der Waals surface area (Å²) in [6.07, 6.45) is 9.89. The van der Waals surface area contributed by atoms with Crippen molar-refractivity contribution in [3.05, 3.63) is 35.9 Å². The van der Waals surface area contributed by atoms with Crippen LogP contribution in [0.5, 0.6) is 0 Å². The van der Waals surface area contributed by atoms with Gasteiger partial charge in [0.15, 0.2) is 0 Å². The average Bonchev–Trinajstić information content (AvgIpc) is 2.47. The Balaban J connectivity index is 2.08. The Morgan fingerprint density at radius 3 is 2.25 bits per heavy atom. The Kier molecular flexibility index (Phi) is 8.97. The lowest BCUT2D eigenvalue weighted by Crippen LogP contribution is -2.15. The largest absolute Gasteiger partial charge is 0.324 e. The molecule has 112 valence electrons. The molecule has 0 saturated heterocycles. The molecule has 1 rings (SSSR count). The van der Waals surface area contributed by atoms with Crippen molar-refractivity contribution in [1.82, 2.24) is 0 Å². The molecule has 0 fully saturated rings. The maximum Gasteiger partial charge on any atom is 0.134 e. The van der Waals surface area contributed by atoms with Crippen molar-refractivity contribution >= 4 is 5.78 Å². The zero-order valence-electron chi connectivity index (χ0n) is 12.8. The molecular weight excluding hydrogens is 246 g/mol. The summed E-state index contributed by atoms with van der Waals surface area (Å²) in [7, 11) is 0. The van der Waals surface area contributed by atoms with Gasteiger partial charge in [-0.1, -0.05) is 75.8 Å². The van der Waals surface area contributed by atoms with Crippen molar-refractivity contribution in [3.63, 3.8) is 0 Å². The highest BCUT2D eigenvalue weighted by molar-refractivity contribution is 5.79. The van der Waals surface area contributed by atoms with Gasteiger partial charge in [0, 0.05) is 18.9 Å². The average molecular weight is 275 g/mol. The van der Waals surface area contributed by atoms with Crippen LogP contribution in [0.3, 0.4) is 0 Å². The van der Waals surface area contributed by atoms with Gasteiger partial charge in [0.1, 0.15) is 5.78 Å². The van der Waals surface area contributed by atoms with Gasteiger partial charge < -0.3 is 5.73 Å². The van der Waals surface area contributed by atoms with Crippen LogP contribution in [0.25, 0.3) is 0 Å². The van der Waals surface area contributed by atoms with Gasteiger partial charge in [-0.25, -0.2) is 0 Å². The van der Waals surface area contributed by atoms with Crippen LogP contribution < -0.4 is 5.73 Å². The quantitative estimate of drug-likeness (QED) is 0.590. The molecular formula is C18H29NO.